The molecule has 21 heavy (non-hydrogen) atoms. The van der Waals surface area contributed by atoms with Crippen LogP contribution in [0.2, 0.25) is 0 Å². The Balaban J connectivity index is 1.90. The number of ether oxygens (including phenoxy) is 1. The highest BCUT2D eigenvalue weighted by atomic mass is 32.1. The highest BCUT2D eigenvalue weighted by Crippen LogP contribution is 2.18. The van der Waals surface area contributed by atoms with Crippen molar-refractivity contribution in [1.29, 1.82) is 0 Å². The second kappa shape index (κ2) is 7.97. The van der Waals surface area contributed by atoms with Crippen LogP contribution < -0.4 is 5.32 Å². The van der Waals surface area contributed by atoms with Gasteiger partial charge in [0.15, 0.2) is 5.96 Å². The Kier molecular flexibility index (Phi) is 5.98. The predicted molar refractivity (Wildman–Crippen MR) is 83.2 cm³/mol. The molecule has 116 valence electrons. The van der Waals surface area contributed by atoms with Crippen molar-refractivity contribution >= 4 is 23.3 Å². The zero-order valence-electron chi connectivity index (χ0n) is 12.5. The molecule has 2 heterocycles. The van der Waals surface area contributed by atoms with E-state index in [4.69, 9.17) is 4.74 Å². The third kappa shape index (κ3) is 4.42. The van der Waals surface area contributed by atoms with E-state index < -0.39 is 0 Å². The number of guanidine groups is 1. The van der Waals surface area contributed by atoms with E-state index in [1.807, 2.05) is 12.3 Å². The summed E-state index contributed by atoms with van der Waals surface area (Å²) >= 11 is 1.61. The molecule has 7 heteroatoms. The fourth-order valence-electron chi connectivity index (χ4n) is 2.45. The number of rotatable bonds is 4. The van der Waals surface area contributed by atoms with Crippen LogP contribution in [0.25, 0.3) is 0 Å². The highest BCUT2D eigenvalue weighted by molar-refractivity contribution is 7.09. The number of thiazole rings is 1. The first-order valence-corrected chi connectivity index (χ1v) is 8.13. The van der Waals surface area contributed by atoms with Crippen molar-refractivity contribution in [3.63, 3.8) is 0 Å². The Bertz CT molecular complexity index is 475. The van der Waals surface area contributed by atoms with Gasteiger partial charge in [0.1, 0.15) is 5.01 Å². The molecule has 1 aliphatic rings. The molecular weight excluding hydrogens is 288 g/mol. The van der Waals surface area contributed by atoms with Gasteiger partial charge in [0.25, 0.3) is 0 Å². The van der Waals surface area contributed by atoms with Crippen molar-refractivity contribution in [3.8, 4) is 0 Å². The Morgan fingerprint density at radius 3 is 3.19 bits per heavy atom. The van der Waals surface area contributed by atoms with E-state index in [2.05, 4.69) is 20.2 Å². The molecule has 1 atom stereocenters. The zero-order valence-corrected chi connectivity index (χ0v) is 13.4. The fourth-order valence-corrected chi connectivity index (χ4v) is 3.01. The van der Waals surface area contributed by atoms with Gasteiger partial charge in [-0.25, -0.2) is 4.98 Å². The van der Waals surface area contributed by atoms with E-state index in [-0.39, 0.29) is 11.9 Å². The molecule has 0 saturated carbocycles. The van der Waals surface area contributed by atoms with Crippen LogP contribution in [0.15, 0.2) is 16.6 Å². The number of piperidine rings is 1. The first-order chi connectivity index (χ1) is 10.2. The third-order valence-corrected chi connectivity index (χ3v) is 4.21. The van der Waals surface area contributed by atoms with Crippen LogP contribution in [-0.4, -0.2) is 48.6 Å². The Labute approximate surface area is 129 Å². The van der Waals surface area contributed by atoms with Crippen LogP contribution in [0.4, 0.5) is 0 Å². The van der Waals surface area contributed by atoms with Crippen molar-refractivity contribution in [2.45, 2.75) is 26.3 Å². The summed E-state index contributed by atoms with van der Waals surface area (Å²) in [5.74, 6) is 0.661. The van der Waals surface area contributed by atoms with Crippen molar-refractivity contribution in [2.75, 3.05) is 26.7 Å². The molecule has 0 amide bonds. The Morgan fingerprint density at radius 2 is 2.52 bits per heavy atom. The number of likely N-dealkylation sites (tertiary alicyclic amines) is 1. The molecule has 0 radical (unpaired) electrons. The van der Waals surface area contributed by atoms with Gasteiger partial charge in [-0.1, -0.05) is 0 Å². The molecule has 0 unspecified atom stereocenters. The van der Waals surface area contributed by atoms with Crippen LogP contribution in [-0.2, 0) is 16.1 Å². The van der Waals surface area contributed by atoms with Crippen LogP contribution in [0.5, 0.6) is 0 Å². The van der Waals surface area contributed by atoms with Gasteiger partial charge in [0.2, 0.25) is 0 Å². The molecule has 1 aromatic rings. The van der Waals surface area contributed by atoms with Gasteiger partial charge in [-0.15, -0.1) is 11.3 Å². The normalized spacial score (nSPS) is 19.4. The van der Waals surface area contributed by atoms with Crippen LogP contribution >= 0.6 is 11.3 Å². The maximum absolute atomic E-state index is 11.9. The van der Waals surface area contributed by atoms with Crippen molar-refractivity contribution < 1.29 is 9.53 Å². The molecule has 2 rings (SSSR count). The molecule has 0 bridgehead atoms. The van der Waals surface area contributed by atoms with Crippen LogP contribution in [0.1, 0.15) is 24.8 Å². The van der Waals surface area contributed by atoms with E-state index >= 15 is 0 Å². The quantitative estimate of drug-likeness (QED) is 0.518. The third-order valence-electron chi connectivity index (χ3n) is 3.43. The molecule has 0 aromatic carbocycles. The molecule has 1 aromatic heterocycles. The molecule has 0 spiro atoms. The Morgan fingerprint density at radius 1 is 1.67 bits per heavy atom. The molecular formula is C14H22N4O2S. The molecule has 1 fully saturated rings. The minimum atomic E-state index is -0.0995. The fraction of sp³-hybridized carbons (Fsp3) is 0.643. The average Bonchev–Trinajstić information content (AvgIpc) is 3.02. The standard InChI is InChI=1S/C14H22N4O2S/c1-3-20-13(19)11-5-4-7-18(10-11)14(15-2)17-9-12-16-6-8-21-12/h6,8,11H,3-5,7,9-10H2,1-2H3,(H,15,17)/t11-/m0/s1. The number of hydrogen-bond acceptors (Lipinski definition) is 5. The highest BCUT2D eigenvalue weighted by Gasteiger charge is 2.28. The van der Waals surface area contributed by atoms with Crippen LogP contribution in [0, 0.1) is 5.92 Å². The predicted octanol–water partition coefficient (Wildman–Crippen LogP) is 1.49. The zero-order chi connectivity index (χ0) is 15.1. The van der Waals surface area contributed by atoms with Crippen molar-refractivity contribution in [3.05, 3.63) is 16.6 Å². The summed E-state index contributed by atoms with van der Waals surface area (Å²) in [5, 5.41) is 6.28. The monoisotopic (exact) mass is 310 g/mol. The maximum Gasteiger partial charge on any atom is 0.310 e. The van der Waals surface area contributed by atoms with Crippen molar-refractivity contribution in [2.24, 2.45) is 10.9 Å². The number of nitrogens with zero attached hydrogens (tertiary/aromatic N) is 3. The van der Waals surface area contributed by atoms with E-state index in [1.165, 1.54) is 0 Å². The maximum atomic E-state index is 11.9. The SMILES string of the molecule is CCOC(=O)[C@H]1CCCN(C(=NC)NCc2nccs2)C1. The average molecular weight is 310 g/mol. The van der Waals surface area contributed by atoms with Crippen LogP contribution in [0.3, 0.4) is 0 Å². The summed E-state index contributed by atoms with van der Waals surface area (Å²) in [4.78, 5) is 22.6. The molecule has 1 aliphatic heterocycles. The van der Waals surface area contributed by atoms with Crippen molar-refractivity contribution in [1.82, 2.24) is 15.2 Å². The first kappa shape index (κ1) is 15.8. The molecule has 6 nitrogen and oxygen atoms in total. The minimum Gasteiger partial charge on any atom is -0.466 e. The number of carbonyl (C=O) groups is 1. The number of aromatic nitrogens is 1. The number of esters is 1. The summed E-state index contributed by atoms with van der Waals surface area (Å²) < 4.78 is 5.13. The summed E-state index contributed by atoms with van der Waals surface area (Å²) in [6.07, 6.45) is 3.66. The summed E-state index contributed by atoms with van der Waals surface area (Å²) in [7, 11) is 1.76. The topological polar surface area (TPSA) is 66.8 Å². The minimum absolute atomic E-state index is 0.0582. The van der Waals surface area contributed by atoms with Gasteiger partial charge in [-0.2, -0.15) is 0 Å². The number of aliphatic imine (C=N–C) groups is 1. The summed E-state index contributed by atoms with van der Waals surface area (Å²) in [6, 6.07) is 0. The molecule has 1 N–H and O–H groups in total. The first-order valence-electron chi connectivity index (χ1n) is 7.25. The van der Waals surface area contributed by atoms with Gasteiger partial charge in [0.05, 0.1) is 19.1 Å². The number of hydrogen-bond donors (Lipinski definition) is 1. The van der Waals surface area contributed by atoms with E-state index in [0.29, 0.717) is 19.7 Å². The number of nitrogens with one attached hydrogen (secondary N) is 1. The lowest BCUT2D eigenvalue weighted by Crippen LogP contribution is -2.48. The van der Waals surface area contributed by atoms with E-state index in [9.17, 15) is 4.79 Å². The van der Waals surface area contributed by atoms with Gasteiger partial charge < -0.3 is 15.0 Å². The second-order valence-electron chi connectivity index (χ2n) is 4.86. The largest absolute Gasteiger partial charge is 0.466 e. The van der Waals surface area contributed by atoms with E-state index in [1.54, 1.807) is 24.6 Å². The smallest absolute Gasteiger partial charge is 0.310 e. The van der Waals surface area contributed by atoms with Gasteiger partial charge >= 0.3 is 5.97 Å². The number of carbonyl (C=O) groups excluding carboxylic acids is 1. The lowest BCUT2D eigenvalue weighted by molar-refractivity contribution is -0.149. The summed E-state index contributed by atoms with van der Waals surface area (Å²) in [5.41, 5.74) is 0. The Hall–Kier alpha value is -1.63. The lowest BCUT2D eigenvalue weighted by Gasteiger charge is -2.33. The van der Waals surface area contributed by atoms with Gasteiger partial charge in [0, 0.05) is 31.7 Å². The lowest BCUT2D eigenvalue weighted by atomic mass is 9.98. The summed E-state index contributed by atoms with van der Waals surface area (Å²) in [6.45, 7) is 4.51. The molecule has 1 saturated heterocycles. The second-order valence-corrected chi connectivity index (χ2v) is 5.84. The van der Waals surface area contributed by atoms with Gasteiger partial charge in [-0.3, -0.25) is 9.79 Å². The van der Waals surface area contributed by atoms with E-state index in [0.717, 1.165) is 30.4 Å². The van der Waals surface area contributed by atoms with Gasteiger partial charge in [-0.05, 0) is 19.8 Å². The molecule has 0 aliphatic carbocycles.